The molecular weight excluding hydrogens is 360 g/mol. The molecule has 0 saturated carbocycles. The smallest absolute Gasteiger partial charge is 0.243 e. The standard InChI is InChI=1S/C20H36N4O4/c1-11(2)17(18(26)12(3)4)23-19(27)15-8-7-9-24(15)20(28)14(10-16(21)25)22-13(5)6/h11-15,17,22H,7-10H2,1-6H3,(H2,21,25)(H,23,27)/t14-,15-,17-/m0/s1. The Hall–Kier alpha value is -1.96. The molecule has 3 atom stereocenters. The average Bonchev–Trinajstić information content (AvgIpc) is 3.06. The van der Waals surface area contributed by atoms with E-state index in [9.17, 15) is 19.2 Å². The number of primary amides is 1. The van der Waals surface area contributed by atoms with Crippen molar-refractivity contribution >= 4 is 23.5 Å². The molecule has 0 aliphatic carbocycles. The third-order valence-corrected chi connectivity index (χ3v) is 4.92. The molecule has 28 heavy (non-hydrogen) atoms. The van der Waals surface area contributed by atoms with E-state index in [0.717, 1.165) is 0 Å². The Labute approximate surface area is 168 Å². The molecule has 0 aromatic rings. The highest BCUT2D eigenvalue weighted by molar-refractivity contribution is 5.95. The van der Waals surface area contributed by atoms with Gasteiger partial charge in [0.1, 0.15) is 6.04 Å². The van der Waals surface area contributed by atoms with Gasteiger partial charge in [-0.3, -0.25) is 19.2 Å². The maximum absolute atomic E-state index is 13.0. The highest BCUT2D eigenvalue weighted by Gasteiger charge is 2.39. The van der Waals surface area contributed by atoms with Crippen LogP contribution in [0.5, 0.6) is 0 Å². The number of ketones is 1. The fourth-order valence-electron chi connectivity index (χ4n) is 3.50. The molecule has 1 aliphatic heterocycles. The number of nitrogens with zero attached hydrogens (tertiary/aromatic N) is 1. The molecule has 1 fully saturated rings. The van der Waals surface area contributed by atoms with Gasteiger partial charge in [-0.1, -0.05) is 41.5 Å². The average molecular weight is 397 g/mol. The van der Waals surface area contributed by atoms with E-state index in [1.165, 1.54) is 4.90 Å². The van der Waals surface area contributed by atoms with Gasteiger partial charge in [-0.05, 0) is 18.8 Å². The Bertz CT molecular complexity index is 589. The van der Waals surface area contributed by atoms with Crippen LogP contribution >= 0.6 is 0 Å². The molecule has 0 unspecified atom stereocenters. The fraction of sp³-hybridized carbons (Fsp3) is 0.800. The Morgan fingerprint density at radius 2 is 1.68 bits per heavy atom. The number of likely N-dealkylation sites (tertiary alicyclic amines) is 1. The normalized spacial score (nSPS) is 19.2. The van der Waals surface area contributed by atoms with Crippen molar-refractivity contribution in [1.29, 1.82) is 0 Å². The third kappa shape index (κ3) is 6.58. The lowest BCUT2D eigenvalue weighted by Crippen LogP contribution is -2.56. The van der Waals surface area contributed by atoms with Gasteiger partial charge in [-0.15, -0.1) is 0 Å². The Kier molecular flexibility index (Phi) is 9.07. The number of Topliss-reactive ketones (excluding diaryl/α,β-unsaturated/α-hetero) is 1. The van der Waals surface area contributed by atoms with Crippen LogP contribution in [0.1, 0.15) is 60.8 Å². The fourth-order valence-corrected chi connectivity index (χ4v) is 3.50. The van der Waals surface area contributed by atoms with Gasteiger partial charge in [0.05, 0.1) is 18.5 Å². The maximum atomic E-state index is 13.0. The van der Waals surface area contributed by atoms with Crippen LogP contribution in [-0.2, 0) is 19.2 Å². The van der Waals surface area contributed by atoms with E-state index in [-0.39, 0.29) is 41.9 Å². The van der Waals surface area contributed by atoms with Crippen LogP contribution in [0.2, 0.25) is 0 Å². The van der Waals surface area contributed by atoms with Crippen LogP contribution in [0, 0.1) is 11.8 Å². The van der Waals surface area contributed by atoms with E-state index in [2.05, 4.69) is 10.6 Å². The number of nitrogens with two attached hydrogens (primary N) is 1. The summed E-state index contributed by atoms with van der Waals surface area (Å²) in [7, 11) is 0. The Morgan fingerprint density at radius 3 is 2.14 bits per heavy atom. The maximum Gasteiger partial charge on any atom is 0.243 e. The van der Waals surface area contributed by atoms with E-state index < -0.39 is 24.0 Å². The van der Waals surface area contributed by atoms with Crippen molar-refractivity contribution in [2.45, 2.75) is 85.0 Å². The quantitative estimate of drug-likeness (QED) is 0.499. The summed E-state index contributed by atoms with van der Waals surface area (Å²) in [4.78, 5) is 51.2. The van der Waals surface area contributed by atoms with Gasteiger partial charge in [0.2, 0.25) is 17.7 Å². The monoisotopic (exact) mass is 396 g/mol. The van der Waals surface area contributed by atoms with E-state index in [0.29, 0.717) is 19.4 Å². The number of hydrogen-bond acceptors (Lipinski definition) is 5. The SMILES string of the molecule is CC(C)N[C@@H](CC(N)=O)C(=O)N1CCC[C@H]1C(=O)N[C@H](C(=O)C(C)C)C(C)C. The van der Waals surface area contributed by atoms with Gasteiger partial charge < -0.3 is 21.3 Å². The summed E-state index contributed by atoms with van der Waals surface area (Å²) in [5.74, 6) is -1.46. The molecule has 8 nitrogen and oxygen atoms in total. The lowest BCUT2D eigenvalue weighted by Gasteiger charge is -2.31. The van der Waals surface area contributed by atoms with Gasteiger partial charge >= 0.3 is 0 Å². The first-order valence-corrected chi connectivity index (χ1v) is 10.1. The number of carbonyl (C=O) groups is 4. The van der Waals surface area contributed by atoms with Crippen molar-refractivity contribution in [3.63, 3.8) is 0 Å². The first-order valence-electron chi connectivity index (χ1n) is 10.1. The van der Waals surface area contributed by atoms with E-state index in [4.69, 9.17) is 5.73 Å². The van der Waals surface area contributed by atoms with E-state index in [1.807, 2.05) is 27.7 Å². The van der Waals surface area contributed by atoms with Crippen molar-refractivity contribution in [3.05, 3.63) is 0 Å². The minimum Gasteiger partial charge on any atom is -0.370 e. The second-order valence-corrected chi connectivity index (χ2v) is 8.52. The lowest BCUT2D eigenvalue weighted by molar-refractivity contribution is -0.142. The molecule has 160 valence electrons. The summed E-state index contributed by atoms with van der Waals surface area (Å²) in [6, 6.07) is -2.00. The zero-order valence-corrected chi connectivity index (χ0v) is 18.0. The summed E-state index contributed by atoms with van der Waals surface area (Å²) < 4.78 is 0. The van der Waals surface area contributed by atoms with Gasteiger partial charge in [-0.25, -0.2) is 0 Å². The Balaban J connectivity index is 2.94. The molecule has 1 saturated heterocycles. The summed E-state index contributed by atoms with van der Waals surface area (Å²) in [5.41, 5.74) is 5.29. The van der Waals surface area contributed by atoms with Crippen LogP contribution < -0.4 is 16.4 Å². The molecular formula is C20H36N4O4. The number of carbonyl (C=O) groups excluding carboxylic acids is 4. The molecule has 1 heterocycles. The van der Waals surface area contributed by atoms with Crippen LogP contribution in [0.4, 0.5) is 0 Å². The lowest BCUT2D eigenvalue weighted by atomic mass is 9.92. The molecule has 0 spiro atoms. The number of nitrogens with one attached hydrogen (secondary N) is 2. The second-order valence-electron chi connectivity index (χ2n) is 8.52. The zero-order chi connectivity index (χ0) is 21.6. The van der Waals surface area contributed by atoms with Crippen molar-refractivity contribution in [2.24, 2.45) is 17.6 Å². The zero-order valence-electron chi connectivity index (χ0n) is 18.0. The summed E-state index contributed by atoms with van der Waals surface area (Å²) >= 11 is 0. The molecule has 0 radical (unpaired) electrons. The summed E-state index contributed by atoms with van der Waals surface area (Å²) in [6.45, 7) is 11.6. The molecule has 1 rings (SSSR count). The van der Waals surface area contributed by atoms with Crippen molar-refractivity contribution in [3.8, 4) is 0 Å². The summed E-state index contributed by atoms with van der Waals surface area (Å²) in [5, 5.41) is 5.91. The first-order chi connectivity index (χ1) is 13.0. The van der Waals surface area contributed by atoms with E-state index in [1.54, 1.807) is 13.8 Å². The predicted octanol–water partition coefficient (Wildman–Crippen LogP) is 0.585. The molecule has 4 N–H and O–H groups in total. The van der Waals surface area contributed by atoms with Gasteiger partial charge in [-0.2, -0.15) is 0 Å². The largest absolute Gasteiger partial charge is 0.370 e. The van der Waals surface area contributed by atoms with Crippen molar-refractivity contribution < 1.29 is 19.2 Å². The van der Waals surface area contributed by atoms with Crippen LogP contribution in [0.25, 0.3) is 0 Å². The van der Waals surface area contributed by atoms with Crippen LogP contribution in [0.15, 0.2) is 0 Å². The van der Waals surface area contributed by atoms with Crippen LogP contribution in [-0.4, -0.2) is 59.1 Å². The molecule has 0 aromatic carbocycles. The minimum atomic E-state index is -0.760. The molecule has 0 aromatic heterocycles. The molecule has 0 bridgehead atoms. The van der Waals surface area contributed by atoms with E-state index >= 15 is 0 Å². The number of rotatable bonds is 10. The van der Waals surface area contributed by atoms with Crippen molar-refractivity contribution in [2.75, 3.05) is 6.54 Å². The highest BCUT2D eigenvalue weighted by Crippen LogP contribution is 2.20. The molecule has 1 aliphatic rings. The van der Waals surface area contributed by atoms with Gasteiger partial charge in [0, 0.05) is 18.5 Å². The highest BCUT2D eigenvalue weighted by atomic mass is 16.2. The van der Waals surface area contributed by atoms with Crippen LogP contribution in [0.3, 0.4) is 0 Å². The second kappa shape index (κ2) is 10.5. The molecule has 8 heteroatoms. The van der Waals surface area contributed by atoms with Crippen molar-refractivity contribution in [1.82, 2.24) is 15.5 Å². The Morgan fingerprint density at radius 1 is 1.07 bits per heavy atom. The first kappa shape index (κ1) is 24.1. The van der Waals surface area contributed by atoms with Gasteiger partial charge in [0.15, 0.2) is 5.78 Å². The third-order valence-electron chi connectivity index (χ3n) is 4.92. The van der Waals surface area contributed by atoms with Gasteiger partial charge in [0.25, 0.3) is 0 Å². The minimum absolute atomic E-state index is 0.0165. The number of amides is 3. The predicted molar refractivity (Wildman–Crippen MR) is 107 cm³/mol. The number of hydrogen-bond donors (Lipinski definition) is 3. The topological polar surface area (TPSA) is 122 Å². The summed E-state index contributed by atoms with van der Waals surface area (Å²) in [6.07, 6.45) is 1.10. The molecule has 3 amide bonds.